The normalized spacial score (nSPS) is 14.2. The fourth-order valence-corrected chi connectivity index (χ4v) is 4.86. The number of rotatable bonds is 6. The van der Waals surface area contributed by atoms with Gasteiger partial charge in [-0.1, -0.05) is 13.8 Å². The number of nitrogens with zero attached hydrogens (tertiary/aromatic N) is 6. The molecule has 4 rings (SSSR count). The Kier molecular flexibility index (Phi) is 5.98. The number of benzene rings is 2. The van der Waals surface area contributed by atoms with Crippen LogP contribution < -0.4 is 0 Å². The minimum absolute atomic E-state index is 0.00780. The number of hydrogen-bond donors (Lipinski definition) is 0. The highest BCUT2D eigenvalue weighted by atomic mass is 16.2. The van der Waals surface area contributed by atoms with Crippen molar-refractivity contribution in [3.05, 3.63) is 45.5 Å². The molecule has 10 nitrogen and oxygen atoms in total. The van der Waals surface area contributed by atoms with Gasteiger partial charge in [-0.2, -0.15) is 21.0 Å². The molecule has 0 radical (unpaired) electrons. The molecule has 0 aromatic heterocycles. The van der Waals surface area contributed by atoms with E-state index in [1.54, 1.807) is 13.8 Å². The van der Waals surface area contributed by atoms with Gasteiger partial charge in [-0.15, -0.1) is 0 Å². The van der Waals surface area contributed by atoms with Crippen LogP contribution in [0.1, 0.15) is 91.1 Å². The van der Waals surface area contributed by atoms with E-state index in [2.05, 4.69) is 0 Å². The fourth-order valence-electron chi connectivity index (χ4n) is 4.86. The standard InChI is InChI=1S/C26H18N6O4/c1-3-5-31-23(33)17-7-16(14(11-29)12-30)22-20-18(24(34)32(6-4-2)26(22)36)8-15(13(9-27)10-28)21(19(17)20)25(31)35/h7-8,13-14H,3-6H2,1-2H3. The Hall–Kier alpha value is -5.06. The fraction of sp³-hybridized carbons (Fsp3) is 0.308. The third kappa shape index (κ3) is 3.13. The van der Waals surface area contributed by atoms with Gasteiger partial charge < -0.3 is 0 Å². The molecule has 0 atom stereocenters. The molecule has 0 spiro atoms. The Morgan fingerprint density at radius 3 is 1.25 bits per heavy atom. The second-order valence-corrected chi connectivity index (χ2v) is 8.43. The van der Waals surface area contributed by atoms with Crippen LogP contribution in [0.25, 0.3) is 10.8 Å². The van der Waals surface area contributed by atoms with Crippen LogP contribution in [0.3, 0.4) is 0 Å². The first-order valence-electron chi connectivity index (χ1n) is 11.3. The van der Waals surface area contributed by atoms with Crippen molar-refractivity contribution in [2.24, 2.45) is 0 Å². The molecule has 2 aliphatic heterocycles. The average molecular weight is 478 g/mol. The van der Waals surface area contributed by atoms with E-state index in [0.717, 1.165) is 9.80 Å². The number of nitriles is 4. The van der Waals surface area contributed by atoms with E-state index in [-0.39, 0.29) is 57.2 Å². The van der Waals surface area contributed by atoms with Crippen LogP contribution >= 0.6 is 0 Å². The summed E-state index contributed by atoms with van der Waals surface area (Å²) in [5, 5.41) is 38.5. The van der Waals surface area contributed by atoms with Gasteiger partial charge in [0, 0.05) is 35.0 Å². The van der Waals surface area contributed by atoms with E-state index in [9.17, 15) is 40.2 Å². The summed E-state index contributed by atoms with van der Waals surface area (Å²) in [6.45, 7) is 3.61. The zero-order chi connectivity index (χ0) is 26.3. The molecule has 10 heteroatoms. The van der Waals surface area contributed by atoms with Crippen LogP contribution in [0.5, 0.6) is 0 Å². The van der Waals surface area contributed by atoms with Crippen LogP contribution in [0.2, 0.25) is 0 Å². The van der Waals surface area contributed by atoms with Crippen LogP contribution in [0.4, 0.5) is 0 Å². The summed E-state index contributed by atoms with van der Waals surface area (Å²) in [6, 6.07) is 9.82. The first-order chi connectivity index (χ1) is 17.3. The van der Waals surface area contributed by atoms with Crippen molar-refractivity contribution in [1.29, 1.82) is 21.0 Å². The molecule has 2 heterocycles. The van der Waals surface area contributed by atoms with Gasteiger partial charge in [0.05, 0.1) is 35.4 Å². The molecule has 4 amide bonds. The maximum atomic E-state index is 13.6. The molecule has 2 aromatic rings. The predicted octanol–water partition coefficient (Wildman–Crippen LogP) is 3.11. The zero-order valence-corrected chi connectivity index (χ0v) is 19.5. The second kappa shape index (κ2) is 8.95. The van der Waals surface area contributed by atoms with Gasteiger partial charge in [0.1, 0.15) is 0 Å². The van der Waals surface area contributed by atoms with E-state index in [0.29, 0.717) is 12.8 Å². The van der Waals surface area contributed by atoms with Gasteiger partial charge in [0.15, 0.2) is 11.8 Å². The number of carbonyl (C=O) groups is 4. The lowest BCUT2D eigenvalue weighted by molar-refractivity contribution is 0.0588. The van der Waals surface area contributed by atoms with Crippen molar-refractivity contribution in [3.63, 3.8) is 0 Å². The SMILES string of the molecule is CCCN1C(=O)c2cc(C(C#N)C#N)c3c4c(cc(C(C#N)C#N)c(c24)C1=O)C(=O)N(CCC)C3=O. The molecular formula is C26H18N6O4. The summed E-state index contributed by atoms with van der Waals surface area (Å²) in [7, 11) is 0. The van der Waals surface area contributed by atoms with Gasteiger partial charge in [-0.25, -0.2) is 0 Å². The third-order valence-corrected chi connectivity index (χ3v) is 6.37. The molecule has 0 saturated carbocycles. The van der Waals surface area contributed by atoms with Crippen molar-refractivity contribution in [3.8, 4) is 24.3 Å². The van der Waals surface area contributed by atoms with Crippen molar-refractivity contribution < 1.29 is 19.2 Å². The van der Waals surface area contributed by atoms with E-state index in [1.165, 1.54) is 12.1 Å². The van der Waals surface area contributed by atoms with Crippen molar-refractivity contribution in [2.75, 3.05) is 13.1 Å². The summed E-state index contributed by atoms with van der Waals surface area (Å²) in [5.74, 6) is -5.74. The monoisotopic (exact) mass is 478 g/mol. The number of imide groups is 2. The molecule has 0 aliphatic carbocycles. The summed E-state index contributed by atoms with van der Waals surface area (Å²) in [5.41, 5.74) is -0.399. The van der Waals surface area contributed by atoms with Gasteiger partial charge in [-0.05, 0) is 36.1 Å². The van der Waals surface area contributed by atoms with Crippen LogP contribution in [-0.4, -0.2) is 46.5 Å². The molecule has 0 N–H and O–H groups in total. The lowest BCUT2D eigenvalue weighted by Gasteiger charge is -2.34. The van der Waals surface area contributed by atoms with Gasteiger partial charge in [0.2, 0.25) is 0 Å². The Morgan fingerprint density at radius 1 is 0.639 bits per heavy atom. The van der Waals surface area contributed by atoms with E-state index in [4.69, 9.17) is 0 Å². The number of hydrogen-bond acceptors (Lipinski definition) is 8. The van der Waals surface area contributed by atoms with Crippen LogP contribution in [0, 0.1) is 45.3 Å². The summed E-state index contributed by atoms with van der Waals surface area (Å²) in [4.78, 5) is 56.0. The molecule has 0 unspecified atom stereocenters. The van der Waals surface area contributed by atoms with Crippen LogP contribution in [-0.2, 0) is 0 Å². The lowest BCUT2D eigenvalue weighted by Crippen LogP contribution is -2.45. The Labute approximate surface area is 206 Å². The van der Waals surface area contributed by atoms with Crippen molar-refractivity contribution in [2.45, 2.75) is 38.5 Å². The summed E-state index contributed by atoms with van der Waals surface area (Å²) < 4.78 is 0. The van der Waals surface area contributed by atoms with Gasteiger partial charge in [-0.3, -0.25) is 29.0 Å². The molecule has 0 fully saturated rings. The highest BCUT2D eigenvalue weighted by Gasteiger charge is 2.44. The summed E-state index contributed by atoms with van der Waals surface area (Å²) in [6.07, 6.45) is 0.854. The van der Waals surface area contributed by atoms with E-state index >= 15 is 0 Å². The van der Waals surface area contributed by atoms with E-state index in [1.807, 2.05) is 24.3 Å². The van der Waals surface area contributed by atoms with Gasteiger partial charge >= 0.3 is 0 Å². The molecular weight excluding hydrogens is 460 g/mol. The molecule has 176 valence electrons. The Bertz CT molecular complexity index is 1420. The predicted molar refractivity (Wildman–Crippen MR) is 123 cm³/mol. The van der Waals surface area contributed by atoms with E-state index < -0.39 is 35.5 Å². The van der Waals surface area contributed by atoms with Crippen LogP contribution in [0.15, 0.2) is 12.1 Å². The maximum Gasteiger partial charge on any atom is 0.261 e. The average Bonchev–Trinajstić information content (AvgIpc) is 2.88. The largest absolute Gasteiger partial charge is 0.274 e. The molecule has 2 aromatic carbocycles. The third-order valence-electron chi connectivity index (χ3n) is 6.37. The molecule has 0 saturated heterocycles. The molecule has 2 aliphatic rings. The minimum Gasteiger partial charge on any atom is -0.274 e. The zero-order valence-electron chi connectivity index (χ0n) is 19.5. The Morgan fingerprint density at radius 2 is 0.972 bits per heavy atom. The summed E-state index contributed by atoms with van der Waals surface area (Å²) >= 11 is 0. The smallest absolute Gasteiger partial charge is 0.261 e. The lowest BCUT2D eigenvalue weighted by atomic mass is 9.77. The molecule has 36 heavy (non-hydrogen) atoms. The number of carbonyl (C=O) groups excluding carboxylic acids is 4. The Balaban J connectivity index is 2.29. The highest BCUT2D eigenvalue weighted by Crippen LogP contribution is 2.44. The molecule has 0 bridgehead atoms. The topological polar surface area (TPSA) is 170 Å². The number of amides is 4. The maximum absolute atomic E-state index is 13.6. The van der Waals surface area contributed by atoms with Crippen molar-refractivity contribution >= 4 is 34.4 Å². The highest BCUT2D eigenvalue weighted by molar-refractivity contribution is 6.34. The quantitative estimate of drug-likeness (QED) is 0.570. The second-order valence-electron chi connectivity index (χ2n) is 8.43. The minimum atomic E-state index is -1.42. The van der Waals surface area contributed by atoms with Gasteiger partial charge in [0.25, 0.3) is 23.6 Å². The first-order valence-corrected chi connectivity index (χ1v) is 11.3. The first kappa shape index (κ1) is 24.1. The van der Waals surface area contributed by atoms with Crippen molar-refractivity contribution in [1.82, 2.24) is 9.80 Å².